The lowest BCUT2D eigenvalue weighted by Crippen LogP contribution is -2.46. The topological polar surface area (TPSA) is 57.0 Å². The van der Waals surface area contributed by atoms with E-state index in [0.717, 1.165) is 18.4 Å². The number of carbonyl (C=O) groups is 1. The van der Waals surface area contributed by atoms with Crippen molar-refractivity contribution in [2.75, 3.05) is 13.6 Å². The quantitative estimate of drug-likeness (QED) is 0.810. The predicted molar refractivity (Wildman–Crippen MR) is 67.5 cm³/mol. The number of likely N-dealkylation sites (N-methyl/N-ethyl adjacent to an activating group) is 1. The average Bonchev–Trinajstić information content (AvgIpc) is 2.36. The number of pyridine rings is 1. The molecule has 1 aromatic rings. The predicted octanol–water partition coefficient (Wildman–Crippen LogP) is 1.78. The van der Waals surface area contributed by atoms with Crippen LogP contribution in [-0.2, 0) is 11.2 Å². The van der Waals surface area contributed by atoms with Crippen LogP contribution in [0.1, 0.15) is 24.8 Å². The number of carbonyl (C=O) groups excluding carboxylic acids is 1. The van der Waals surface area contributed by atoms with Crippen molar-refractivity contribution < 1.29 is 4.79 Å². The van der Waals surface area contributed by atoms with E-state index in [1.807, 2.05) is 18.3 Å². The van der Waals surface area contributed by atoms with Crippen molar-refractivity contribution in [3.63, 3.8) is 0 Å². The molecule has 4 heteroatoms. The number of aromatic nitrogens is 1. The first kappa shape index (κ1) is 12.6. The third-order valence-electron chi connectivity index (χ3n) is 3.64. The molecule has 0 radical (unpaired) electrons. The van der Waals surface area contributed by atoms with E-state index in [4.69, 9.17) is 5.26 Å². The van der Waals surface area contributed by atoms with E-state index in [9.17, 15) is 4.79 Å². The van der Waals surface area contributed by atoms with Crippen LogP contribution in [0.5, 0.6) is 0 Å². The van der Waals surface area contributed by atoms with E-state index in [-0.39, 0.29) is 5.91 Å². The summed E-state index contributed by atoms with van der Waals surface area (Å²) in [7, 11) is 1.77. The second-order valence-electron chi connectivity index (χ2n) is 4.89. The van der Waals surface area contributed by atoms with Crippen molar-refractivity contribution in [1.82, 2.24) is 9.88 Å². The molecule has 1 aromatic heterocycles. The lowest BCUT2D eigenvalue weighted by molar-refractivity contribution is -0.141. The number of nitriles is 1. The van der Waals surface area contributed by atoms with Gasteiger partial charge in [-0.15, -0.1) is 0 Å². The molecule has 1 saturated carbocycles. The molecule has 0 aromatic carbocycles. The Hall–Kier alpha value is -1.89. The first-order chi connectivity index (χ1) is 8.68. The molecule has 0 saturated heterocycles. The van der Waals surface area contributed by atoms with Crippen LogP contribution in [0.25, 0.3) is 0 Å². The van der Waals surface area contributed by atoms with E-state index >= 15 is 0 Å². The van der Waals surface area contributed by atoms with Gasteiger partial charge in [0.15, 0.2) is 0 Å². The Morgan fingerprint density at radius 2 is 2.39 bits per heavy atom. The molecule has 1 aliphatic rings. The normalized spacial score (nSPS) is 16.4. The highest BCUT2D eigenvalue weighted by molar-refractivity contribution is 5.86. The van der Waals surface area contributed by atoms with Gasteiger partial charge >= 0.3 is 0 Å². The Morgan fingerprint density at radius 1 is 1.61 bits per heavy atom. The van der Waals surface area contributed by atoms with Crippen molar-refractivity contribution in [1.29, 1.82) is 5.26 Å². The molecular formula is C14H17N3O. The van der Waals surface area contributed by atoms with Crippen molar-refractivity contribution in [3.8, 4) is 6.07 Å². The summed E-state index contributed by atoms with van der Waals surface area (Å²) in [5.41, 5.74) is 0.376. The molecule has 0 N–H and O–H groups in total. The number of hydrogen-bond acceptors (Lipinski definition) is 3. The van der Waals surface area contributed by atoms with Gasteiger partial charge in [-0.05, 0) is 37.3 Å². The van der Waals surface area contributed by atoms with Gasteiger partial charge in [0.25, 0.3) is 0 Å². The summed E-state index contributed by atoms with van der Waals surface area (Å²) in [6, 6.07) is 6.07. The summed E-state index contributed by atoms with van der Waals surface area (Å²) in [5, 5.41) is 9.13. The van der Waals surface area contributed by atoms with Gasteiger partial charge in [0.1, 0.15) is 5.41 Å². The second kappa shape index (κ2) is 5.18. The molecule has 0 aliphatic heterocycles. The summed E-state index contributed by atoms with van der Waals surface area (Å²) in [6.07, 6.45) is 6.71. The summed E-state index contributed by atoms with van der Waals surface area (Å²) in [6.45, 7) is 0.633. The maximum Gasteiger partial charge on any atom is 0.242 e. The van der Waals surface area contributed by atoms with Gasteiger partial charge in [0, 0.05) is 26.0 Å². The van der Waals surface area contributed by atoms with Gasteiger partial charge in [0.2, 0.25) is 5.91 Å². The Morgan fingerprint density at radius 3 is 2.89 bits per heavy atom. The largest absolute Gasteiger partial charge is 0.344 e. The van der Waals surface area contributed by atoms with Crippen LogP contribution in [0.15, 0.2) is 24.5 Å². The molecule has 0 unspecified atom stereocenters. The third kappa shape index (κ3) is 2.35. The van der Waals surface area contributed by atoms with Crippen LogP contribution in [0.4, 0.5) is 0 Å². The zero-order valence-electron chi connectivity index (χ0n) is 10.6. The van der Waals surface area contributed by atoms with Gasteiger partial charge in [-0.25, -0.2) is 0 Å². The van der Waals surface area contributed by atoms with E-state index < -0.39 is 5.41 Å². The molecule has 0 spiro atoms. The molecule has 18 heavy (non-hydrogen) atoms. The van der Waals surface area contributed by atoms with E-state index in [1.54, 1.807) is 18.1 Å². The molecular weight excluding hydrogens is 226 g/mol. The minimum absolute atomic E-state index is 0.0276. The molecule has 94 valence electrons. The van der Waals surface area contributed by atoms with Crippen molar-refractivity contribution >= 4 is 5.91 Å². The number of amides is 1. The lowest BCUT2D eigenvalue weighted by atomic mass is 9.69. The average molecular weight is 243 g/mol. The molecule has 1 aliphatic carbocycles. The van der Waals surface area contributed by atoms with Crippen LogP contribution in [0, 0.1) is 16.7 Å². The summed E-state index contributed by atoms with van der Waals surface area (Å²) in [5.74, 6) is -0.0276. The molecule has 1 fully saturated rings. The number of hydrogen-bond donors (Lipinski definition) is 0. The maximum atomic E-state index is 12.2. The van der Waals surface area contributed by atoms with Crippen molar-refractivity contribution in [2.45, 2.75) is 25.7 Å². The Kier molecular flexibility index (Phi) is 3.61. The minimum Gasteiger partial charge on any atom is -0.344 e. The molecule has 0 atom stereocenters. The van der Waals surface area contributed by atoms with Gasteiger partial charge in [-0.2, -0.15) is 5.26 Å². The highest BCUT2D eigenvalue weighted by Gasteiger charge is 2.45. The first-order valence-electron chi connectivity index (χ1n) is 6.24. The Bertz CT molecular complexity index is 460. The van der Waals surface area contributed by atoms with Crippen LogP contribution in [-0.4, -0.2) is 29.4 Å². The minimum atomic E-state index is -0.732. The van der Waals surface area contributed by atoms with Crippen LogP contribution in [0.2, 0.25) is 0 Å². The standard InChI is InChI=1S/C14H17N3O/c1-17(9-5-12-4-2-8-16-10-12)13(18)14(11-15)6-3-7-14/h2,4,8,10H,3,5-7,9H2,1H3. The maximum absolute atomic E-state index is 12.2. The van der Waals surface area contributed by atoms with Gasteiger partial charge in [-0.1, -0.05) is 6.07 Å². The van der Waals surface area contributed by atoms with Crippen LogP contribution in [0.3, 0.4) is 0 Å². The molecule has 1 heterocycles. The molecule has 2 rings (SSSR count). The van der Waals surface area contributed by atoms with Crippen molar-refractivity contribution in [2.24, 2.45) is 5.41 Å². The fourth-order valence-electron chi connectivity index (χ4n) is 2.21. The van der Waals surface area contributed by atoms with E-state index in [2.05, 4.69) is 11.1 Å². The monoisotopic (exact) mass is 243 g/mol. The van der Waals surface area contributed by atoms with Gasteiger partial charge < -0.3 is 4.90 Å². The molecule has 0 bridgehead atoms. The fourth-order valence-corrected chi connectivity index (χ4v) is 2.21. The Balaban J connectivity index is 1.91. The summed E-state index contributed by atoms with van der Waals surface area (Å²) < 4.78 is 0. The highest BCUT2D eigenvalue weighted by Crippen LogP contribution is 2.41. The van der Waals surface area contributed by atoms with Gasteiger partial charge in [-0.3, -0.25) is 9.78 Å². The van der Waals surface area contributed by atoms with Crippen molar-refractivity contribution in [3.05, 3.63) is 30.1 Å². The smallest absolute Gasteiger partial charge is 0.242 e. The highest BCUT2D eigenvalue weighted by atomic mass is 16.2. The SMILES string of the molecule is CN(CCc1cccnc1)C(=O)C1(C#N)CCC1. The summed E-state index contributed by atoms with van der Waals surface area (Å²) >= 11 is 0. The number of rotatable bonds is 4. The molecule has 4 nitrogen and oxygen atoms in total. The van der Waals surface area contributed by atoms with E-state index in [0.29, 0.717) is 19.4 Å². The fraction of sp³-hybridized carbons (Fsp3) is 0.500. The number of nitrogens with zero attached hydrogens (tertiary/aromatic N) is 3. The van der Waals surface area contributed by atoms with Crippen LogP contribution < -0.4 is 0 Å². The molecule has 1 amide bonds. The summed E-state index contributed by atoms with van der Waals surface area (Å²) in [4.78, 5) is 17.9. The van der Waals surface area contributed by atoms with E-state index in [1.165, 1.54) is 0 Å². The zero-order chi connectivity index (χ0) is 13.0. The lowest BCUT2D eigenvalue weighted by Gasteiger charge is -2.36. The second-order valence-corrected chi connectivity index (χ2v) is 4.89. The Labute approximate surface area is 107 Å². The van der Waals surface area contributed by atoms with Gasteiger partial charge in [0.05, 0.1) is 6.07 Å². The zero-order valence-corrected chi connectivity index (χ0v) is 10.6. The third-order valence-corrected chi connectivity index (χ3v) is 3.64. The first-order valence-corrected chi connectivity index (χ1v) is 6.24. The van der Waals surface area contributed by atoms with Crippen LogP contribution >= 0.6 is 0 Å².